The third-order valence-corrected chi connectivity index (χ3v) is 3.69. The highest BCUT2D eigenvalue weighted by Gasteiger charge is 2.13. The van der Waals surface area contributed by atoms with Crippen LogP contribution in [0, 0.1) is 0 Å². The van der Waals surface area contributed by atoms with Gasteiger partial charge in [-0.25, -0.2) is 4.98 Å². The fraction of sp³-hybridized carbons (Fsp3) is 0.188. The van der Waals surface area contributed by atoms with E-state index in [0.29, 0.717) is 27.7 Å². The molecule has 0 saturated carbocycles. The SMILES string of the molecule is COc1ccc(NC(=O)c2cccnc2SC)cc1NC(C)=O. The maximum absolute atomic E-state index is 12.4. The van der Waals surface area contributed by atoms with Crippen LogP contribution in [0.4, 0.5) is 11.4 Å². The highest BCUT2D eigenvalue weighted by molar-refractivity contribution is 7.98. The van der Waals surface area contributed by atoms with Gasteiger partial charge >= 0.3 is 0 Å². The summed E-state index contributed by atoms with van der Waals surface area (Å²) in [6, 6.07) is 8.46. The molecule has 0 unspecified atom stereocenters. The number of thioether (sulfide) groups is 1. The van der Waals surface area contributed by atoms with Crippen LogP contribution < -0.4 is 15.4 Å². The van der Waals surface area contributed by atoms with Gasteiger partial charge in [0.05, 0.1) is 18.4 Å². The van der Waals surface area contributed by atoms with Crippen LogP contribution in [0.25, 0.3) is 0 Å². The first kappa shape index (κ1) is 16.8. The summed E-state index contributed by atoms with van der Waals surface area (Å²) in [5.41, 5.74) is 1.54. The smallest absolute Gasteiger partial charge is 0.258 e. The van der Waals surface area contributed by atoms with Crippen LogP contribution in [-0.2, 0) is 4.79 Å². The van der Waals surface area contributed by atoms with E-state index < -0.39 is 0 Å². The molecule has 0 spiro atoms. The third kappa shape index (κ3) is 4.23. The number of anilines is 2. The van der Waals surface area contributed by atoms with Crippen LogP contribution in [0.1, 0.15) is 17.3 Å². The molecule has 1 aromatic carbocycles. The molecule has 0 aliphatic heterocycles. The van der Waals surface area contributed by atoms with Crippen LogP contribution in [0.3, 0.4) is 0 Å². The average molecular weight is 331 g/mol. The Morgan fingerprint density at radius 3 is 2.65 bits per heavy atom. The average Bonchev–Trinajstić information content (AvgIpc) is 2.54. The largest absolute Gasteiger partial charge is 0.495 e. The summed E-state index contributed by atoms with van der Waals surface area (Å²) in [4.78, 5) is 27.8. The van der Waals surface area contributed by atoms with E-state index in [4.69, 9.17) is 4.74 Å². The molecule has 6 nitrogen and oxygen atoms in total. The number of hydrogen-bond acceptors (Lipinski definition) is 5. The molecule has 1 aromatic heterocycles. The number of pyridine rings is 1. The van der Waals surface area contributed by atoms with Gasteiger partial charge in [-0.1, -0.05) is 0 Å². The number of nitrogens with one attached hydrogen (secondary N) is 2. The number of amides is 2. The van der Waals surface area contributed by atoms with Crippen molar-refractivity contribution in [2.24, 2.45) is 0 Å². The van der Waals surface area contributed by atoms with E-state index in [0.717, 1.165) is 0 Å². The Balaban J connectivity index is 2.25. The Kier molecular flexibility index (Phi) is 5.59. The molecule has 0 saturated heterocycles. The van der Waals surface area contributed by atoms with Gasteiger partial charge in [0.1, 0.15) is 10.8 Å². The number of rotatable bonds is 5. The molecular weight excluding hydrogens is 314 g/mol. The molecule has 23 heavy (non-hydrogen) atoms. The molecule has 120 valence electrons. The lowest BCUT2D eigenvalue weighted by Gasteiger charge is -2.12. The van der Waals surface area contributed by atoms with Crippen molar-refractivity contribution in [2.75, 3.05) is 24.0 Å². The predicted octanol–water partition coefficient (Wildman–Crippen LogP) is 3.02. The highest BCUT2D eigenvalue weighted by atomic mass is 32.2. The molecule has 0 aliphatic carbocycles. The zero-order chi connectivity index (χ0) is 16.8. The van der Waals surface area contributed by atoms with E-state index in [9.17, 15) is 9.59 Å². The number of carbonyl (C=O) groups excluding carboxylic acids is 2. The monoisotopic (exact) mass is 331 g/mol. The number of ether oxygens (including phenoxy) is 1. The Labute approximate surface area is 138 Å². The van der Waals surface area contributed by atoms with Crippen molar-refractivity contribution in [3.8, 4) is 5.75 Å². The van der Waals surface area contributed by atoms with Crippen LogP contribution >= 0.6 is 11.8 Å². The van der Waals surface area contributed by atoms with E-state index in [-0.39, 0.29) is 11.8 Å². The van der Waals surface area contributed by atoms with Crippen LogP contribution in [0.15, 0.2) is 41.6 Å². The predicted molar refractivity (Wildman–Crippen MR) is 91.3 cm³/mol. The summed E-state index contributed by atoms with van der Waals surface area (Å²) >= 11 is 1.40. The van der Waals surface area contributed by atoms with Crippen molar-refractivity contribution < 1.29 is 14.3 Å². The number of aromatic nitrogens is 1. The van der Waals surface area contributed by atoms with Gasteiger partial charge < -0.3 is 15.4 Å². The van der Waals surface area contributed by atoms with Gasteiger partial charge in [-0.15, -0.1) is 11.8 Å². The molecule has 1 heterocycles. The van der Waals surface area contributed by atoms with Crippen molar-refractivity contribution in [1.82, 2.24) is 4.98 Å². The molecule has 2 rings (SSSR count). The number of nitrogens with zero attached hydrogens (tertiary/aromatic N) is 1. The minimum absolute atomic E-state index is 0.219. The second kappa shape index (κ2) is 7.64. The number of methoxy groups -OCH3 is 1. The second-order valence-corrected chi connectivity index (χ2v) is 5.41. The van der Waals surface area contributed by atoms with E-state index in [1.807, 2.05) is 6.26 Å². The minimum atomic E-state index is -0.263. The lowest BCUT2D eigenvalue weighted by atomic mass is 10.2. The summed E-state index contributed by atoms with van der Waals surface area (Å²) < 4.78 is 5.19. The fourth-order valence-electron chi connectivity index (χ4n) is 2.00. The summed E-state index contributed by atoms with van der Waals surface area (Å²) in [7, 11) is 1.51. The van der Waals surface area contributed by atoms with Gasteiger partial charge in [-0.3, -0.25) is 9.59 Å². The zero-order valence-corrected chi connectivity index (χ0v) is 13.9. The first-order valence-corrected chi connectivity index (χ1v) is 8.03. The molecule has 0 radical (unpaired) electrons. The number of hydrogen-bond donors (Lipinski definition) is 2. The number of benzene rings is 1. The fourth-order valence-corrected chi connectivity index (χ4v) is 2.54. The molecular formula is C16H17N3O3S. The zero-order valence-electron chi connectivity index (χ0n) is 13.0. The Morgan fingerprint density at radius 1 is 1.22 bits per heavy atom. The summed E-state index contributed by atoms with van der Waals surface area (Å²) in [5.74, 6) is 0.0366. The summed E-state index contributed by atoms with van der Waals surface area (Å²) in [6.45, 7) is 1.41. The van der Waals surface area contributed by atoms with E-state index in [1.54, 1.807) is 36.5 Å². The van der Waals surface area contributed by atoms with E-state index in [2.05, 4.69) is 15.6 Å². The van der Waals surface area contributed by atoms with Crippen LogP contribution in [0.2, 0.25) is 0 Å². The topological polar surface area (TPSA) is 80.3 Å². The summed E-state index contributed by atoms with van der Waals surface area (Å²) in [5, 5.41) is 6.12. The van der Waals surface area contributed by atoms with E-state index >= 15 is 0 Å². The van der Waals surface area contributed by atoms with Gasteiger partial charge in [0.25, 0.3) is 5.91 Å². The summed E-state index contributed by atoms with van der Waals surface area (Å²) in [6.07, 6.45) is 3.51. The van der Waals surface area contributed by atoms with Crippen molar-refractivity contribution in [2.45, 2.75) is 11.9 Å². The molecule has 2 amide bonds. The number of carbonyl (C=O) groups is 2. The third-order valence-electron chi connectivity index (χ3n) is 2.98. The Hall–Kier alpha value is -2.54. The van der Waals surface area contributed by atoms with Crippen LogP contribution in [-0.4, -0.2) is 30.2 Å². The van der Waals surface area contributed by atoms with Crippen molar-refractivity contribution in [3.05, 3.63) is 42.1 Å². The second-order valence-electron chi connectivity index (χ2n) is 4.61. The van der Waals surface area contributed by atoms with Gasteiger partial charge in [0, 0.05) is 18.8 Å². The Bertz CT molecular complexity index is 734. The first-order valence-electron chi connectivity index (χ1n) is 6.81. The molecule has 0 bridgehead atoms. The normalized spacial score (nSPS) is 10.0. The maximum Gasteiger partial charge on any atom is 0.258 e. The van der Waals surface area contributed by atoms with Gasteiger partial charge in [0.2, 0.25) is 5.91 Å². The Morgan fingerprint density at radius 2 is 2.00 bits per heavy atom. The molecule has 7 heteroatoms. The molecule has 0 aliphatic rings. The van der Waals surface area contributed by atoms with Gasteiger partial charge in [-0.05, 0) is 36.6 Å². The maximum atomic E-state index is 12.4. The van der Waals surface area contributed by atoms with Crippen LogP contribution in [0.5, 0.6) is 5.75 Å². The molecule has 0 fully saturated rings. The lowest BCUT2D eigenvalue weighted by molar-refractivity contribution is -0.114. The first-order chi connectivity index (χ1) is 11.0. The standard InChI is InChI=1S/C16H17N3O3S/c1-10(20)18-13-9-11(6-7-14(13)22-2)19-15(21)12-5-4-8-17-16(12)23-3/h4-9H,1-3H3,(H,18,20)(H,19,21). The molecule has 0 atom stereocenters. The van der Waals surface area contributed by atoms with Crippen molar-refractivity contribution in [1.29, 1.82) is 0 Å². The highest BCUT2D eigenvalue weighted by Crippen LogP contribution is 2.28. The van der Waals surface area contributed by atoms with Gasteiger partial charge in [0.15, 0.2) is 0 Å². The lowest BCUT2D eigenvalue weighted by Crippen LogP contribution is -2.14. The quantitative estimate of drug-likeness (QED) is 0.823. The van der Waals surface area contributed by atoms with Crippen molar-refractivity contribution >= 4 is 35.0 Å². The minimum Gasteiger partial charge on any atom is -0.495 e. The molecule has 2 N–H and O–H groups in total. The van der Waals surface area contributed by atoms with Crippen molar-refractivity contribution in [3.63, 3.8) is 0 Å². The van der Waals surface area contributed by atoms with E-state index in [1.165, 1.54) is 25.8 Å². The van der Waals surface area contributed by atoms with Gasteiger partial charge in [-0.2, -0.15) is 0 Å². The molecule has 2 aromatic rings.